The van der Waals surface area contributed by atoms with Gasteiger partial charge in [-0.1, -0.05) is 30.3 Å². The van der Waals surface area contributed by atoms with Crippen molar-refractivity contribution < 1.29 is 12.8 Å². The number of nitrogens with one attached hydrogen (secondary N) is 1. The number of nitrogens with two attached hydrogens (primary N) is 1. The summed E-state index contributed by atoms with van der Waals surface area (Å²) in [5.74, 6) is -0.776. The molecule has 0 heterocycles. The molecule has 0 fully saturated rings. The average molecular weight is 321 g/mol. The highest BCUT2D eigenvalue weighted by Gasteiger charge is 2.25. The first-order valence-electron chi connectivity index (χ1n) is 6.52. The molecule has 22 heavy (non-hydrogen) atoms. The summed E-state index contributed by atoms with van der Waals surface area (Å²) in [5, 5.41) is 7.38. The van der Waals surface area contributed by atoms with Gasteiger partial charge in [0.25, 0.3) is 0 Å². The number of benzene rings is 2. The zero-order valence-electron chi connectivity index (χ0n) is 11.7. The maximum atomic E-state index is 13.0. The second-order valence-electron chi connectivity index (χ2n) is 4.74. The molecule has 0 saturated heterocycles. The van der Waals surface area contributed by atoms with Gasteiger partial charge in [-0.2, -0.15) is 4.31 Å². The Morgan fingerprint density at radius 2 is 1.68 bits per heavy atom. The quantitative estimate of drug-likeness (QED) is 0.630. The fraction of sp³-hybridized carbons (Fsp3) is 0.133. The molecule has 0 aliphatic carbocycles. The molecule has 0 aliphatic rings. The molecule has 7 heteroatoms. The molecule has 116 valence electrons. The fourth-order valence-corrected chi connectivity index (χ4v) is 3.36. The van der Waals surface area contributed by atoms with Crippen LogP contribution in [0.2, 0.25) is 0 Å². The molecule has 0 amide bonds. The third-order valence-corrected chi connectivity index (χ3v) is 4.81. The lowest BCUT2D eigenvalue weighted by molar-refractivity contribution is 0.445. The minimum absolute atomic E-state index is 0.0360. The van der Waals surface area contributed by atoms with Crippen molar-refractivity contribution in [3.05, 3.63) is 66.0 Å². The van der Waals surface area contributed by atoms with E-state index in [0.29, 0.717) is 0 Å². The number of hydrogen-bond acceptors (Lipinski definition) is 3. The van der Waals surface area contributed by atoms with Crippen molar-refractivity contribution in [1.29, 1.82) is 5.41 Å². The molecule has 0 unspecified atom stereocenters. The van der Waals surface area contributed by atoms with Crippen LogP contribution in [0.3, 0.4) is 0 Å². The Hall–Kier alpha value is -2.25. The average Bonchev–Trinajstić information content (AvgIpc) is 2.47. The van der Waals surface area contributed by atoms with Crippen molar-refractivity contribution in [2.75, 3.05) is 6.54 Å². The minimum atomic E-state index is -3.87. The summed E-state index contributed by atoms with van der Waals surface area (Å²) in [7, 11) is -3.87. The molecule has 0 aromatic heterocycles. The van der Waals surface area contributed by atoms with Gasteiger partial charge < -0.3 is 5.73 Å². The van der Waals surface area contributed by atoms with Crippen LogP contribution in [-0.4, -0.2) is 25.1 Å². The van der Waals surface area contributed by atoms with Crippen LogP contribution in [0.25, 0.3) is 0 Å². The van der Waals surface area contributed by atoms with Crippen molar-refractivity contribution in [2.45, 2.75) is 11.4 Å². The van der Waals surface area contributed by atoms with Crippen LogP contribution >= 0.6 is 0 Å². The van der Waals surface area contributed by atoms with Gasteiger partial charge in [-0.3, -0.25) is 5.41 Å². The van der Waals surface area contributed by atoms with Crippen molar-refractivity contribution >= 4 is 15.9 Å². The Bertz CT molecular complexity index is 746. The summed E-state index contributed by atoms with van der Waals surface area (Å²) in [4.78, 5) is -0.0360. The lowest BCUT2D eigenvalue weighted by Gasteiger charge is -2.21. The number of amidine groups is 1. The monoisotopic (exact) mass is 321 g/mol. The highest BCUT2D eigenvalue weighted by atomic mass is 32.2. The van der Waals surface area contributed by atoms with Crippen molar-refractivity contribution in [3.8, 4) is 0 Å². The largest absolute Gasteiger partial charge is 0.387 e. The van der Waals surface area contributed by atoms with Crippen LogP contribution in [0.5, 0.6) is 0 Å². The van der Waals surface area contributed by atoms with Gasteiger partial charge in [0.1, 0.15) is 11.7 Å². The highest BCUT2D eigenvalue weighted by molar-refractivity contribution is 7.89. The maximum absolute atomic E-state index is 13.0. The highest BCUT2D eigenvalue weighted by Crippen LogP contribution is 2.18. The predicted molar refractivity (Wildman–Crippen MR) is 82.4 cm³/mol. The number of hydrogen-bond donors (Lipinski definition) is 2. The van der Waals surface area contributed by atoms with Crippen LogP contribution < -0.4 is 5.73 Å². The van der Waals surface area contributed by atoms with Crippen LogP contribution in [0, 0.1) is 11.2 Å². The SMILES string of the molecule is N=C(N)CN(Cc1ccccc1)S(=O)(=O)c1ccc(F)cc1. The second-order valence-corrected chi connectivity index (χ2v) is 6.68. The smallest absolute Gasteiger partial charge is 0.243 e. The number of halogens is 1. The Balaban J connectivity index is 2.35. The van der Waals surface area contributed by atoms with Crippen LogP contribution in [-0.2, 0) is 16.6 Å². The molecule has 0 spiro atoms. The number of nitrogens with zero attached hydrogens (tertiary/aromatic N) is 1. The van der Waals surface area contributed by atoms with E-state index in [1.165, 1.54) is 12.1 Å². The van der Waals surface area contributed by atoms with Gasteiger partial charge in [0, 0.05) is 6.54 Å². The van der Waals surface area contributed by atoms with Crippen LogP contribution in [0.1, 0.15) is 5.56 Å². The Morgan fingerprint density at radius 3 is 2.23 bits per heavy atom. The zero-order chi connectivity index (χ0) is 16.2. The normalized spacial score (nSPS) is 11.5. The molecule has 3 N–H and O–H groups in total. The van der Waals surface area contributed by atoms with E-state index >= 15 is 0 Å². The van der Waals surface area contributed by atoms with Crippen LogP contribution in [0.15, 0.2) is 59.5 Å². The Labute approximate surface area is 128 Å². The van der Waals surface area contributed by atoms with Gasteiger partial charge in [0.15, 0.2) is 0 Å². The maximum Gasteiger partial charge on any atom is 0.243 e. The van der Waals surface area contributed by atoms with E-state index < -0.39 is 15.8 Å². The molecule has 2 aromatic carbocycles. The van der Waals surface area contributed by atoms with E-state index in [2.05, 4.69) is 0 Å². The van der Waals surface area contributed by atoms with E-state index in [1.807, 2.05) is 6.07 Å². The van der Waals surface area contributed by atoms with Gasteiger partial charge in [-0.15, -0.1) is 0 Å². The molecule has 0 atom stereocenters. The van der Waals surface area contributed by atoms with E-state index in [1.54, 1.807) is 24.3 Å². The third kappa shape index (κ3) is 3.90. The summed E-state index contributed by atoms with van der Waals surface area (Å²) in [5.41, 5.74) is 6.14. The lowest BCUT2D eigenvalue weighted by Crippen LogP contribution is -2.37. The Morgan fingerprint density at radius 1 is 1.09 bits per heavy atom. The lowest BCUT2D eigenvalue weighted by atomic mass is 10.2. The van der Waals surface area contributed by atoms with Crippen molar-refractivity contribution in [1.82, 2.24) is 4.31 Å². The van der Waals surface area contributed by atoms with Crippen molar-refractivity contribution in [2.24, 2.45) is 5.73 Å². The molecular weight excluding hydrogens is 305 g/mol. The molecule has 0 aliphatic heterocycles. The summed E-state index contributed by atoms with van der Waals surface area (Å²) in [6, 6.07) is 13.6. The molecule has 2 aromatic rings. The topological polar surface area (TPSA) is 87.2 Å². The van der Waals surface area contributed by atoms with E-state index in [9.17, 15) is 12.8 Å². The number of rotatable bonds is 6. The third-order valence-electron chi connectivity index (χ3n) is 3.00. The van der Waals surface area contributed by atoms with Gasteiger partial charge in [-0.25, -0.2) is 12.8 Å². The Kier molecular flexibility index (Phi) is 4.89. The molecule has 0 radical (unpaired) electrons. The fourth-order valence-electron chi connectivity index (χ4n) is 1.96. The van der Waals surface area contributed by atoms with Crippen LogP contribution in [0.4, 0.5) is 4.39 Å². The standard InChI is InChI=1S/C15H16FN3O2S/c16-13-6-8-14(9-7-13)22(20,21)19(11-15(17)18)10-12-4-2-1-3-5-12/h1-9H,10-11H2,(H3,17,18). The predicted octanol–water partition coefficient (Wildman–Crippen LogP) is 1.95. The van der Waals surface area contributed by atoms with Gasteiger partial charge in [0.05, 0.1) is 11.4 Å². The van der Waals surface area contributed by atoms with Gasteiger partial charge in [-0.05, 0) is 29.8 Å². The molecule has 5 nitrogen and oxygen atoms in total. The number of sulfonamides is 1. The van der Waals surface area contributed by atoms with E-state index in [4.69, 9.17) is 11.1 Å². The van der Waals surface area contributed by atoms with E-state index in [0.717, 1.165) is 22.0 Å². The molecule has 0 saturated carbocycles. The summed E-state index contributed by atoms with van der Waals surface area (Å²) >= 11 is 0. The minimum Gasteiger partial charge on any atom is -0.387 e. The first-order chi connectivity index (χ1) is 10.4. The molecular formula is C15H16FN3O2S. The summed E-state index contributed by atoms with van der Waals surface area (Å²) < 4.78 is 39.3. The van der Waals surface area contributed by atoms with E-state index in [-0.39, 0.29) is 23.8 Å². The first-order valence-corrected chi connectivity index (χ1v) is 7.96. The van der Waals surface area contributed by atoms with Crippen molar-refractivity contribution in [3.63, 3.8) is 0 Å². The first kappa shape index (κ1) is 16.1. The molecule has 0 bridgehead atoms. The van der Waals surface area contributed by atoms with Gasteiger partial charge >= 0.3 is 0 Å². The molecule has 2 rings (SSSR count). The zero-order valence-corrected chi connectivity index (χ0v) is 12.6. The summed E-state index contributed by atoms with van der Waals surface area (Å²) in [6.07, 6.45) is 0. The second kappa shape index (κ2) is 6.67. The summed E-state index contributed by atoms with van der Waals surface area (Å²) in [6.45, 7) is -0.144. The van der Waals surface area contributed by atoms with Gasteiger partial charge in [0.2, 0.25) is 10.0 Å².